The third-order valence-electron chi connectivity index (χ3n) is 6.58. The summed E-state index contributed by atoms with van der Waals surface area (Å²) in [6, 6.07) is 4.41. The summed E-state index contributed by atoms with van der Waals surface area (Å²) in [6.07, 6.45) is 11.2. The molecule has 3 aromatic heterocycles. The maximum absolute atomic E-state index is 13.4. The Balaban J connectivity index is 1.38. The maximum Gasteiger partial charge on any atom is 0.253 e. The van der Waals surface area contributed by atoms with Gasteiger partial charge in [-0.15, -0.1) is 0 Å². The summed E-state index contributed by atoms with van der Waals surface area (Å²) < 4.78 is 7.63. The van der Waals surface area contributed by atoms with Gasteiger partial charge in [0, 0.05) is 62.4 Å². The molecule has 0 aliphatic carbocycles. The first kappa shape index (κ1) is 22.3. The number of hydrogen-bond donors (Lipinski definition) is 2. The van der Waals surface area contributed by atoms with Crippen LogP contribution in [0, 0.1) is 0 Å². The molecule has 1 amide bonds. The Bertz CT molecular complexity index is 1090. The molecule has 33 heavy (non-hydrogen) atoms. The molecule has 0 aromatic carbocycles. The summed E-state index contributed by atoms with van der Waals surface area (Å²) in [5.41, 5.74) is 2.55. The summed E-state index contributed by atoms with van der Waals surface area (Å²) in [4.78, 5) is 24.3. The summed E-state index contributed by atoms with van der Waals surface area (Å²) in [6.45, 7) is 5.32. The van der Waals surface area contributed by atoms with Crippen molar-refractivity contribution < 1.29 is 9.53 Å². The minimum absolute atomic E-state index is 0.0275. The second kappa shape index (κ2) is 10.2. The third-order valence-corrected chi connectivity index (χ3v) is 6.87. The van der Waals surface area contributed by atoms with Crippen LogP contribution in [0.15, 0.2) is 43.1 Å². The molecule has 1 unspecified atom stereocenters. The number of pyridine rings is 2. The topological polar surface area (TPSA) is 84.3 Å². The average molecular weight is 469 g/mol. The van der Waals surface area contributed by atoms with E-state index in [9.17, 15) is 4.79 Å². The van der Waals surface area contributed by atoms with E-state index in [0.717, 1.165) is 49.1 Å². The fourth-order valence-electron chi connectivity index (χ4n) is 4.88. The highest BCUT2D eigenvalue weighted by Gasteiger charge is 2.25. The Labute approximate surface area is 198 Å². The number of nitrogens with zero attached hydrogens (tertiary/aromatic N) is 4. The summed E-state index contributed by atoms with van der Waals surface area (Å²) in [5.74, 6) is -0.131. The number of hydrogen-bond acceptors (Lipinski definition) is 6. The summed E-state index contributed by atoms with van der Waals surface area (Å²) in [5, 5.41) is 7.93. The zero-order chi connectivity index (χ0) is 22.6. The van der Waals surface area contributed by atoms with E-state index in [1.165, 1.54) is 6.42 Å². The minimum Gasteiger partial charge on any atom is -0.379 e. The largest absolute Gasteiger partial charge is 0.379 e. The number of halogens is 1. The second-order valence-electron chi connectivity index (χ2n) is 8.66. The molecule has 8 nitrogen and oxygen atoms in total. The number of ether oxygens (including phenoxy) is 1. The van der Waals surface area contributed by atoms with Gasteiger partial charge in [-0.25, -0.2) is 0 Å². The molecule has 0 spiro atoms. The van der Waals surface area contributed by atoms with Gasteiger partial charge in [0.15, 0.2) is 0 Å². The number of morpholine rings is 1. The van der Waals surface area contributed by atoms with Gasteiger partial charge in [0.25, 0.3) is 5.91 Å². The van der Waals surface area contributed by atoms with Crippen LogP contribution in [-0.2, 0) is 11.3 Å². The lowest BCUT2D eigenvalue weighted by Crippen LogP contribution is -2.43. The van der Waals surface area contributed by atoms with E-state index in [0.29, 0.717) is 36.4 Å². The fourth-order valence-corrected chi connectivity index (χ4v) is 5.13. The molecule has 0 bridgehead atoms. The summed E-state index contributed by atoms with van der Waals surface area (Å²) in [7, 11) is 0. The Morgan fingerprint density at radius 1 is 1.27 bits per heavy atom. The molecule has 2 aliphatic rings. The standard InChI is InChI=1S/C24H29ClN6O2/c25-20-12-27-13-22-23(20)19(16-31(22)15-18-4-2-6-28-18)24(32)29-14-21(17-3-1-5-26-11-17)30-7-9-33-10-8-30/h1,3,5,11-13,16,18,21,28H,2,4,6-10,14-15H2,(H,29,32)/t18-,21?/m0/s1. The van der Waals surface area contributed by atoms with E-state index in [1.54, 1.807) is 18.6 Å². The normalized spacial score (nSPS) is 20.2. The van der Waals surface area contributed by atoms with Crippen molar-refractivity contribution in [2.45, 2.75) is 31.5 Å². The zero-order valence-corrected chi connectivity index (χ0v) is 19.3. The molecule has 0 saturated carbocycles. The van der Waals surface area contributed by atoms with E-state index < -0.39 is 0 Å². The smallest absolute Gasteiger partial charge is 0.253 e. The Hall–Kier alpha value is -2.52. The predicted octanol–water partition coefficient (Wildman–Crippen LogP) is 2.64. The van der Waals surface area contributed by atoms with Crippen LogP contribution in [0.5, 0.6) is 0 Å². The van der Waals surface area contributed by atoms with Gasteiger partial charge in [0.1, 0.15) is 0 Å². The van der Waals surface area contributed by atoms with Gasteiger partial charge in [0.05, 0.1) is 41.6 Å². The van der Waals surface area contributed by atoms with Crippen LogP contribution in [0.2, 0.25) is 5.02 Å². The van der Waals surface area contributed by atoms with Gasteiger partial charge in [-0.2, -0.15) is 0 Å². The SMILES string of the molecule is O=C(NCC(c1cccnc1)N1CCOCC1)c1cn(C[C@@H]2CCCN2)c2cncc(Cl)c12. The molecule has 3 aromatic rings. The van der Waals surface area contributed by atoms with Gasteiger partial charge in [-0.05, 0) is 31.0 Å². The molecule has 2 aliphatic heterocycles. The van der Waals surface area contributed by atoms with Crippen molar-refractivity contribution in [1.82, 2.24) is 30.1 Å². The van der Waals surface area contributed by atoms with Crippen LogP contribution in [0.1, 0.15) is 34.8 Å². The number of carbonyl (C=O) groups excluding carboxylic acids is 1. The molecule has 5 heterocycles. The number of aromatic nitrogens is 3. The lowest BCUT2D eigenvalue weighted by Gasteiger charge is -2.34. The van der Waals surface area contributed by atoms with Crippen molar-refractivity contribution in [3.05, 3.63) is 59.3 Å². The highest BCUT2D eigenvalue weighted by atomic mass is 35.5. The maximum atomic E-state index is 13.4. The minimum atomic E-state index is -0.131. The van der Waals surface area contributed by atoms with E-state index >= 15 is 0 Å². The van der Waals surface area contributed by atoms with Crippen LogP contribution in [0.3, 0.4) is 0 Å². The molecule has 9 heteroatoms. The third kappa shape index (κ3) is 4.89. The quantitative estimate of drug-likeness (QED) is 0.554. The van der Waals surface area contributed by atoms with E-state index in [1.807, 2.05) is 18.5 Å². The van der Waals surface area contributed by atoms with Crippen LogP contribution in [-0.4, -0.2) is 70.8 Å². The molecule has 2 fully saturated rings. The van der Waals surface area contributed by atoms with Crippen molar-refractivity contribution in [3.8, 4) is 0 Å². The van der Waals surface area contributed by atoms with Gasteiger partial charge in [0.2, 0.25) is 0 Å². The Morgan fingerprint density at radius 3 is 2.91 bits per heavy atom. The van der Waals surface area contributed by atoms with Crippen molar-refractivity contribution in [2.24, 2.45) is 0 Å². The molecular formula is C24H29ClN6O2. The Morgan fingerprint density at radius 2 is 2.15 bits per heavy atom. The number of nitrogens with one attached hydrogen (secondary N) is 2. The van der Waals surface area contributed by atoms with Gasteiger partial charge in [-0.3, -0.25) is 19.7 Å². The predicted molar refractivity (Wildman–Crippen MR) is 127 cm³/mol. The van der Waals surface area contributed by atoms with Crippen molar-refractivity contribution in [2.75, 3.05) is 39.4 Å². The number of fused-ring (bicyclic) bond motifs is 1. The number of amides is 1. The number of carbonyl (C=O) groups is 1. The molecule has 2 atom stereocenters. The molecule has 5 rings (SSSR count). The lowest BCUT2D eigenvalue weighted by molar-refractivity contribution is 0.0161. The monoisotopic (exact) mass is 468 g/mol. The van der Waals surface area contributed by atoms with E-state index in [-0.39, 0.29) is 11.9 Å². The first-order valence-corrected chi connectivity index (χ1v) is 11.9. The molecule has 0 radical (unpaired) electrons. The molecular weight excluding hydrogens is 440 g/mol. The molecule has 2 saturated heterocycles. The van der Waals surface area contributed by atoms with Gasteiger partial charge < -0.3 is 19.9 Å². The van der Waals surface area contributed by atoms with Crippen LogP contribution in [0.4, 0.5) is 0 Å². The Kier molecular flexibility index (Phi) is 6.87. The van der Waals surface area contributed by atoms with Crippen molar-refractivity contribution in [1.29, 1.82) is 0 Å². The molecule has 174 valence electrons. The van der Waals surface area contributed by atoms with E-state index in [4.69, 9.17) is 16.3 Å². The van der Waals surface area contributed by atoms with Crippen LogP contribution < -0.4 is 10.6 Å². The van der Waals surface area contributed by atoms with Crippen molar-refractivity contribution in [3.63, 3.8) is 0 Å². The second-order valence-corrected chi connectivity index (χ2v) is 9.07. The highest BCUT2D eigenvalue weighted by Crippen LogP contribution is 2.29. The first-order valence-electron chi connectivity index (χ1n) is 11.6. The first-order chi connectivity index (χ1) is 16.2. The summed E-state index contributed by atoms with van der Waals surface area (Å²) >= 11 is 6.51. The highest BCUT2D eigenvalue weighted by molar-refractivity contribution is 6.36. The zero-order valence-electron chi connectivity index (χ0n) is 18.5. The average Bonchev–Trinajstić information content (AvgIpc) is 3.50. The van der Waals surface area contributed by atoms with Crippen LogP contribution >= 0.6 is 11.6 Å². The lowest BCUT2D eigenvalue weighted by atomic mass is 10.1. The van der Waals surface area contributed by atoms with Gasteiger partial charge >= 0.3 is 0 Å². The van der Waals surface area contributed by atoms with E-state index in [2.05, 4.69) is 36.1 Å². The molecule has 2 N–H and O–H groups in total. The fraction of sp³-hybridized carbons (Fsp3) is 0.458. The number of rotatable bonds is 7. The van der Waals surface area contributed by atoms with Crippen molar-refractivity contribution >= 4 is 28.4 Å². The van der Waals surface area contributed by atoms with Crippen LogP contribution in [0.25, 0.3) is 10.9 Å². The van der Waals surface area contributed by atoms with Gasteiger partial charge in [-0.1, -0.05) is 17.7 Å².